The van der Waals surface area contributed by atoms with Gasteiger partial charge in [-0.05, 0) is 11.6 Å². The standard InChI is InChI=1S/C21H23N3O4/c1-13(20(25)28-4)19-15-10-17(26-2)18(27-3)11-16(15)23-21(22)24(19)12-14-8-6-5-7-9-14/h5-11,19H,1,12H2,2-4H3,(H2,22,23). The van der Waals surface area contributed by atoms with Crippen LogP contribution in [-0.4, -0.2) is 38.2 Å². The number of hydrogen-bond acceptors (Lipinski definition) is 7. The first-order valence-corrected chi connectivity index (χ1v) is 8.68. The van der Waals surface area contributed by atoms with Crippen molar-refractivity contribution in [3.8, 4) is 11.5 Å². The summed E-state index contributed by atoms with van der Waals surface area (Å²) in [6.07, 6.45) is 0. The maximum atomic E-state index is 12.3. The smallest absolute Gasteiger partial charge is 0.335 e. The zero-order valence-electron chi connectivity index (χ0n) is 16.1. The number of nitrogens with two attached hydrogens (primary N) is 1. The number of guanidine groups is 1. The fourth-order valence-electron chi connectivity index (χ4n) is 3.26. The first kappa shape index (κ1) is 19.3. The number of fused-ring (bicyclic) bond motifs is 1. The predicted molar refractivity (Wildman–Crippen MR) is 107 cm³/mol. The topological polar surface area (TPSA) is 86.4 Å². The van der Waals surface area contributed by atoms with Gasteiger partial charge in [0, 0.05) is 18.2 Å². The number of nitrogens with zero attached hydrogens (tertiary/aromatic N) is 2. The van der Waals surface area contributed by atoms with E-state index in [0.29, 0.717) is 23.7 Å². The maximum absolute atomic E-state index is 12.3. The van der Waals surface area contributed by atoms with Crippen molar-refractivity contribution in [2.75, 3.05) is 21.3 Å². The average molecular weight is 381 g/mol. The van der Waals surface area contributed by atoms with Gasteiger partial charge in [-0.2, -0.15) is 0 Å². The van der Waals surface area contributed by atoms with Crippen LogP contribution in [0.15, 0.2) is 59.6 Å². The molecule has 7 heteroatoms. The highest BCUT2D eigenvalue weighted by atomic mass is 16.5. The van der Waals surface area contributed by atoms with Gasteiger partial charge in [0.2, 0.25) is 0 Å². The lowest BCUT2D eigenvalue weighted by molar-refractivity contribution is -0.136. The second-order valence-electron chi connectivity index (χ2n) is 6.27. The van der Waals surface area contributed by atoms with E-state index in [-0.39, 0.29) is 11.5 Å². The number of carbonyl (C=O) groups is 1. The Morgan fingerprint density at radius 1 is 1.14 bits per heavy atom. The minimum Gasteiger partial charge on any atom is -0.493 e. The highest BCUT2D eigenvalue weighted by Gasteiger charge is 2.35. The van der Waals surface area contributed by atoms with Crippen LogP contribution in [0.25, 0.3) is 0 Å². The van der Waals surface area contributed by atoms with E-state index >= 15 is 0 Å². The molecule has 0 fully saturated rings. The SMILES string of the molecule is C=C(C(=O)OC)C1c2cc(OC)c(OC)cc2N=C(N)N1Cc1ccccc1. The van der Waals surface area contributed by atoms with Crippen molar-refractivity contribution < 1.29 is 19.0 Å². The monoisotopic (exact) mass is 381 g/mol. The van der Waals surface area contributed by atoms with Gasteiger partial charge in [0.25, 0.3) is 0 Å². The van der Waals surface area contributed by atoms with E-state index in [0.717, 1.165) is 11.1 Å². The molecule has 3 rings (SSSR count). The van der Waals surface area contributed by atoms with E-state index in [1.807, 2.05) is 35.2 Å². The maximum Gasteiger partial charge on any atom is 0.335 e. The Morgan fingerprint density at radius 3 is 2.39 bits per heavy atom. The second kappa shape index (κ2) is 8.04. The Balaban J connectivity index is 2.14. The third-order valence-electron chi connectivity index (χ3n) is 4.64. The lowest BCUT2D eigenvalue weighted by Gasteiger charge is -2.37. The summed E-state index contributed by atoms with van der Waals surface area (Å²) in [5.41, 5.74) is 8.89. The Bertz CT molecular complexity index is 925. The van der Waals surface area contributed by atoms with Crippen LogP contribution in [0.2, 0.25) is 0 Å². The summed E-state index contributed by atoms with van der Waals surface area (Å²) < 4.78 is 15.7. The molecule has 2 aromatic carbocycles. The lowest BCUT2D eigenvalue weighted by Crippen LogP contribution is -2.43. The first-order valence-electron chi connectivity index (χ1n) is 8.68. The van der Waals surface area contributed by atoms with Gasteiger partial charge in [-0.25, -0.2) is 9.79 Å². The third-order valence-corrected chi connectivity index (χ3v) is 4.64. The van der Waals surface area contributed by atoms with Crippen LogP contribution in [0.3, 0.4) is 0 Å². The second-order valence-corrected chi connectivity index (χ2v) is 6.27. The van der Waals surface area contributed by atoms with Crippen molar-refractivity contribution in [3.63, 3.8) is 0 Å². The van der Waals surface area contributed by atoms with Gasteiger partial charge in [-0.1, -0.05) is 36.9 Å². The van der Waals surface area contributed by atoms with Crippen LogP contribution in [0.1, 0.15) is 17.2 Å². The van der Waals surface area contributed by atoms with Crippen molar-refractivity contribution in [2.45, 2.75) is 12.6 Å². The van der Waals surface area contributed by atoms with E-state index in [4.69, 9.17) is 19.9 Å². The fourth-order valence-corrected chi connectivity index (χ4v) is 3.26. The normalized spacial score (nSPS) is 15.3. The van der Waals surface area contributed by atoms with Gasteiger partial charge >= 0.3 is 5.97 Å². The minimum absolute atomic E-state index is 0.254. The van der Waals surface area contributed by atoms with Crippen molar-refractivity contribution >= 4 is 17.6 Å². The van der Waals surface area contributed by atoms with Crippen LogP contribution in [0, 0.1) is 0 Å². The molecule has 0 radical (unpaired) electrons. The Morgan fingerprint density at radius 2 is 1.79 bits per heavy atom. The van der Waals surface area contributed by atoms with Crippen LogP contribution in [0.4, 0.5) is 5.69 Å². The summed E-state index contributed by atoms with van der Waals surface area (Å²) in [6, 6.07) is 12.8. The Kier molecular flexibility index (Phi) is 5.54. The van der Waals surface area contributed by atoms with E-state index in [1.165, 1.54) is 7.11 Å². The molecule has 0 aliphatic carbocycles. The van der Waals surface area contributed by atoms with Crippen molar-refractivity contribution in [3.05, 3.63) is 65.7 Å². The van der Waals surface area contributed by atoms with Gasteiger partial charge in [0.1, 0.15) is 0 Å². The molecule has 1 aliphatic heterocycles. The molecule has 0 saturated carbocycles. The van der Waals surface area contributed by atoms with E-state index in [9.17, 15) is 4.79 Å². The van der Waals surface area contributed by atoms with E-state index in [2.05, 4.69) is 11.6 Å². The summed E-state index contributed by atoms with van der Waals surface area (Å²) in [5.74, 6) is 0.813. The molecule has 0 spiro atoms. The number of esters is 1. The quantitative estimate of drug-likeness (QED) is 0.612. The van der Waals surface area contributed by atoms with Gasteiger partial charge in [0.05, 0.1) is 38.6 Å². The average Bonchev–Trinajstić information content (AvgIpc) is 2.73. The molecule has 7 nitrogen and oxygen atoms in total. The van der Waals surface area contributed by atoms with E-state index < -0.39 is 12.0 Å². The van der Waals surface area contributed by atoms with Gasteiger partial charge in [0.15, 0.2) is 17.5 Å². The number of ether oxygens (including phenoxy) is 3. The molecule has 1 atom stereocenters. The van der Waals surface area contributed by atoms with Crippen LogP contribution in [-0.2, 0) is 16.1 Å². The summed E-state index contributed by atoms with van der Waals surface area (Å²) in [5, 5.41) is 0. The van der Waals surface area contributed by atoms with Gasteiger partial charge in [-0.3, -0.25) is 0 Å². The molecular weight excluding hydrogens is 358 g/mol. The molecule has 2 N–H and O–H groups in total. The largest absolute Gasteiger partial charge is 0.493 e. The molecule has 28 heavy (non-hydrogen) atoms. The number of aliphatic imine (C=N–C) groups is 1. The summed E-state index contributed by atoms with van der Waals surface area (Å²) >= 11 is 0. The molecule has 2 aromatic rings. The molecule has 0 amide bonds. The number of carbonyl (C=O) groups excluding carboxylic acids is 1. The third kappa shape index (κ3) is 3.51. The number of benzene rings is 2. The first-order chi connectivity index (χ1) is 13.5. The van der Waals surface area contributed by atoms with Crippen LogP contribution < -0.4 is 15.2 Å². The van der Waals surface area contributed by atoms with Crippen molar-refractivity contribution in [2.24, 2.45) is 10.7 Å². The summed E-state index contributed by atoms with van der Waals surface area (Å²) in [7, 11) is 4.42. The molecule has 1 unspecified atom stereocenters. The molecule has 0 saturated heterocycles. The molecule has 0 bridgehead atoms. The Hall–Kier alpha value is -3.48. The summed E-state index contributed by atoms with van der Waals surface area (Å²) in [6.45, 7) is 4.42. The highest BCUT2D eigenvalue weighted by Crippen LogP contribution is 2.44. The van der Waals surface area contributed by atoms with Gasteiger partial charge < -0.3 is 24.8 Å². The predicted octanol–water partition coefficient (Wildman–Crippen LogP) is 2.94. The van der Waals surface area contributed by atoms with Crippen molar-refractivity contribution in [1.82, 2.24) is 4.90 Å². The zero-order valence-corrected chi connectivity index (χ0v) is 16.1. The molecule has 0 aromatic heterocycles. The fraction of sp³-hybridized carbons (Fsp3) is 0.238. The van der Waals surface area contributed by atoms with Crippen LogP contribution >= 0.6 is 0 Å². The van der Waals surface area contributed by atoms with E-state index in [1.54, 1.807) is 26.4 Å². The lowest BCUT2D eigenvalue weighted by atomic mass is 9.94. The highest BCUT2D eigenvalue weighted by molar-refractivity contribution is 5.93. The number of rotatable bonds is 6. The summed E-state index contributed by atoms with van der Waals surface area (Å²) in [4.78, 5) is 18.7. The molecule has 146 valence electrons. The molecule has 1 heterocycles. The number of methoxy groups -OCH3 is 3. The zero-order chi connectivity index (χ0) is 20.3. The van der Waals surface area contributed by atoms with Crippen molar-refractivity contribution in [1.29, 1.82) is 0 Å². The molecular formula is C21H23N3O4. The van der Waals surface area contributed by atoms with Gasteiger partial charge in [-0.15, -0.1) is 0 Å². The Labute approximate surface area is 164 Å². The van der Waals surface area contributed by atoms with Crippen LogP contribution in [0.5, 0.6) is 11.5 Å². The molecule has 1 aliphatic rings. The number of hydrogen-bond donors (Lipinski definition) is 1. The minimum atomic E-state index is -0.556.